The Morgan fingerprint density at radius 2 is 1.51 bits per heavy atom. The topological polar surface area (TPSA) is 105 Å². The number of benzene rings is 4. The molecule has 0 saturated carbocycles. The fraction of sp³-hybridized carbons (Fsp3) is 0.0741. The minimum Gasteiger partial charge on any atom is -0.506 e. The van der Waals surface area contributed by atoms with Crippen molar-refractivity contribution in [1.82, 2.24) is 0 Å². The van der Waals surface area contributed by atoms with Gasteiger partial charge in [0, 0.05) is 11.3 Å². The van der Waals surface area contributed by atoms with Gasteiger partial charge in [0.15, 0.2) is 11.5 Å². The van der Waals surface area contributed by atoms with Gasteiger partial charge in [0.25, 0.3) is 5.91 Å². The number of carbonyl (C=O) groups is 1. The summed E-state index contributed by atoms with van der Waals surface area (Å²) >= 11 is 0. The SMILES string of the molecule is O=C(Nc1ccc(O)c(N(c2ccc(F)cc2)[SH](=O)=O)c1)c1ccc(-c2ccc3c(c2)OCCO3)cc1. The first kappa shape index (κ1) is 24.1. The number of hydrogen-bond donors (Lipinski definition) is 3. The molecule has 10 heteroatoms. The van der Waals surface area contributed by atoms with E-state index >= 15 is 0 Å². The van der Waals surface area contributed by atoms with E-state index in [1.165, 1.54) is 30.3 Å². The molecule has 0 saturated heterocycles. The van der Waals surface area contributed by atoms with Gasteiger partial charge in [0.1, 0.15) is 30.5 Å². The quantitative estimate of drug-likeness (QED) is 0.247. The molecule has 1 heterocycles. The van der Waals surface area contributed by atoms with E-state index in [1.807, 2.05) is 18.2 Å². The number of fused-ring (bicyclic) bond motifs is 1. The third kappa shape index (κ3) is 5.19. The molecule has 2 N–H and O–H groups in total. The molecule has 4 aromatic carbocycles. The first-order valence-corrected chi connectivity index (χ1v) is 12.4. The van der Waals surface area contributed by atoms with Gasteiger partial charge in [-0.3, -0.25) is 4.79 Å². The van der Waals surface area contributed by atoms with Crippen molar-refractivity contribution >= 4 is 33.9 Å². The highest BCUT2D eigenvalue weighted by Gasteiger charge is 2.18. The fourth-order valence-corrected chi connectivity index (χ4v) is 4.57. The molecule has 1 aliphatic rings. The van der Waals surface area contributed by atoms with Gasteiger partial charge in [-0.05, 0) is 77.9 Å². The van der Waals surface area contributed by atoms with Gasteiger partial charge in [-0.2, -0.15) is 0 Å². The molecule has 0 fully saturated rings. The predicted octanol–water partition coefficient (Wildman–Crippen LogP) is 4.89. The Kier molecular flexibility index (Phi) is 6.65. The summed E-state index contributed by atoms with van der Waals surface area (Å²) in [4.78, 5) is 12.9. The summed E-state index contributed by atoms with van der Waals surface area (Å²) in [6.07, 6.45) is 0. The molecule has 0 atom stereocenters. The molecule has 188 valence electrons. The number of amides is 1. The summed E-state index contributed by atoms with van der Waals surface area (Å²) in [5, 5.41) is 13.0. The molecule has 0 aromatic heterocycles. The van der Waals surface area contributed by atoms with Gasteiger partial charge in [0.05, 0.1) is 5.69 Å². The maximum absolute atomic E-state index is 13.3. The Labute approximate surface area is 213 Å². The van der Waals surface area contributed by atoms with Crippen LogP contribution >= 0.6 is 0 Å². The number of anilines is 3. The fourth-order valence-electron chi connectivity index (χ4n) is 3.91. The second kappa shape index (κ2) is 10.2. The lowest BCUT2D eigenvalue weighted by atomic mass is 10.0. The van der Waals surface area contributed by atoms with Crippen LogP contribution in [0.1, 0.15) is 10.4 Å². The molecule has 4 aromatic rings. The van der Waals surface area contributed by atoms with Crippen molar-refractivity contribution in [3.8, 4) is 28.4 Å². The summed E-state index contributed by atoms with van der Waals surface area (Å²) in [6.45, 7) is 1.000. The highest BCUT2D eigenvalue weighted by atomic mass is 32.2. The highest BCUT2D eigenvalue weighted by Crippen LogP contribution is 2.36. The number of carbonyl (C=O) groups excluding carboxylic acids is 1. The Morgan fingerprint density at radius 3 is 2.22 bits per heavy atom. The van der Waals surface area contributed by atoms with Crippen LogP contribution in [-0.4, -0.2) is 32.6 Å². The first-order valence-electron chi connectivity index (χ1n) is 11.2. The number of aromatic hydroxyl groups is 1. The number of rotatable bonds is 6. The molecule has 37 heavy (non-hydrogen) atoms. The normalized spacial score (nSPS) is 12.3. The molecular formula is C27H21FN2O6S. The lowest BCUT2D eigenvalue weighted by Crippen LogP contribution is -2.16. The number of phenolic OH excluding ortho intramolecular Hbond substituents is 1. The van der Waals surface area contributed by atoms with Crippen LogP contribution in [0, 0.1) is 5.82 Å². The zero-order chi connectivity index (χ0) is 25.9. The van der Waals surface area contributed by atoms with Gasteiger partial charge in [0.2, 0.25) is 10.9 Å². The predicted molar refractivity (Wildman–Crippen MR) is 138 cm³/mol. The maximum atomic E-state index is 13.3. The number of phenols is 1. The minimum atomic E-state index is -3.23. The van der Waals surface area contributed by atoms with Crippen molar-refractivity contribution in [2.45, 2.75) is 0 Å². The summed E-state index contributed by atoms with van der Waals surface area (Å²) < 4.78 is 49.3. The van der Waals surface area contributed by atoms with E-state index in [9.17, 15) is 22.7 Å². The van der Waals surface area contributed by atoms with Crippen LogP contribution in [-0.2, 0) is 10.9 Å². The van der Waals surface area contributed by atoms with E-state index < -0.39 is 22.6 Å². The van der Waals surface area contributed by atoms with Crippen molar-refractivity contribution in [2.24, 2.45) is 0 Å². The standard InChI is InChI=1S/C27H21FN2O6S/c28-20-6-9-22(10-7-20)30(37(33)34)23-16-21(8-11-24(23)31)29-27(32)18-3-1-17(2-4-18)19-5-12-25-26(15-19)36-14-13-35-25/h1-12,15-16,31,37H,13-14H2,(H,29,32). The smallest absolute Gasteiger partial charge is 0.255 e. The van der Waals surface area contributed by atoms with Gasteiger partial charge in [-0.25, -0.2) is 17.1 Å². The molecule has 8 nitrogen and oxygen atoms in total. The summed E-state index contributed by atoms with van der Waals surface area (Å²) in [5.41, 5.74) is 2.47. The average Bonchev–Trinajstić information content (AvgIpc) is 2.91. The van der Waals surface area contributed by atoms with Crippen LogP contribution in [0.2, 0.25) is 0 Å². The Morgan fingerprint density at radius 1 is 0.838 bits per heavy atom. The van der Waals surface area contributed by atoms with E-state index in [1.54, 1.807) is 24.3 Å². The van der Waals surface area contributed by atoms with Crippen LogP contribution in [0.15, 0.2) is 84.9 Å². The van der Waals surface area contributed by atoms with Crippen molar-refractivity contribution in [1.29, 1.82) is 0 Å². The van der Waals surface area contributed by atoms with Crippen LogP contribution in [0.25, 0.3) is 11.1 Å². The van der Waals surface area contributed by atoms with E-state index in [4.69, 9.17) is 9.47 Å². The number of nitrogens with one attached hydrogen (secondary N) is 1. The van der Waals surface area contributed by atoms with Gasteiger partial charge in [-0.1, -0.05) is 18.2 Å². The zero-order valence-corrected chi connectivity index (χ0v) is 20.2. The first-order chi connectivity index (χ1) is 17.9. The van der Waals surface area contributed by atoms with Crippen molar-refractivity contribution in [3.63, 3.8) is 0 Å². The van der Waals surface area contributed by atoms with E-state index in [0.29, 0.717) is 30.3 Å². The van der Waals surface area contributed by atoms with Crippen molar-refractivity contribution < 1.29 is 32.2 Å². The van der Waals surface area contributed by atoms with E-state index in [0.717, 1.165) is 27.6 Å². The van der Waals surface area contributed by atoms with Crippen LogP contribution in [0.5, 0.6) is 17.2 Å². The Hall–Kier alpha value is -4.57. The number of hydrogen-bond acceptors (Lipinski definition) is 6. The van der Waals surface area contributed by atoms with Crippen molar-refractivity contribution in [2.75, 3.05) is 22.8 Å². The summed E-state index contributed by atoms with van der Waals surface area (Å²) in [6, 6.07) is 21.4. The molecular weight excluding hydrogens is 499 g/mol. The monoisotopic (exact) mass is 520 g/mol. The number of nitrogens with zero attached hydrogens (tertiary/aromatic N) is 1. The Bertz CT molecular complexity index is 1530. The lowest BCUT2D eigenvalue weighted by Gasteiger charge is -2.20. The second-order valence-corrected chi connectivity index (χ2v) is 9.00. The zero-order valence-electron chi connectivity index (χ0n) is 19.3. The third-order valence-electron chi connectivity index (χ3n) is 5.72. The maximum Gasteiger partial charge on any atom is 0.255 e. The summed E-state index contributed by atoms with van der Waals surface area (Å²) in [7, 11) is -3.23. The largest absolute Gasteiger partial charge is 0.506 e. The highest BCUT2D eigenvalue weighted by molar-refractivity contribution is 7.74. The van der Waals surface area contributed by atoms with E-state index in [2.05, 4.69) is 5.32 Å². The molecule has 0 aliphatic carbocycles. The molecule has 1 amide bonds. The molecule has 0 unspecified atom stereocenters. The number of ether oxygens (including phenoxy) is 2. The summed E-state index contributed by atoms with van der Waals surface area (Å²) in [5.74, 6) is 0.0764. The third-order valence-corrected chi connectivity index (χ3v) is 6.49. The molecule has 0 spiro atoms. The Balaban J connectivity index is 1.36. The van der Waals surface area contributed by atoms with Gasteiger partial charge in [-0.15, -0.1) is 0 Å². The molecule has 1 aliphatic heterocycles. The van der Waals surface area contributed by atoms with Gasteiger partial charge < -0.3 is 19.9 Å². The average molecular weight is 521 g/mol. The minimum absolute atomic E-state index is 0.0884. The van der Waals surface area contributed by atoms with Crippen LogP contribution in [0.3, 0.4) is 0 Å². The van der Waals surface area contributed by atoms with E-state index in [-0.39, 0.29) is 22.8 Å². The lowest BCUT2D eigenvalue weighted by molar-refractivity contribution is 0.102. The number of halogens is 1. The van der Waals surface area contributed by atoms with Crippen molar-refractivity contribution in [3.05, 3.63) is 96.3 Å². The second-order valence-electron chi connectivity index (χ2n) is 8.12. The molecule has 0 bridgehead atoms. The molecule has 5 rings (SSSR count). The molecule has 0 radical (unpaired) electrons. The van der Waals surface area contributed by atoms with Crippen LogP contribution in [0.4, 0.5) is 21.5 Å². The van der Waals surface area contributed by atoms with Crippen LogP contribution < -0.4 is 19.1 Å². The number of thiol groups is 1. The van der Waals surface area contributed by atoms with Gasteiger partial charge >= 0.3 is 0 Å².